The van der Waals surface area contributed by atoms with Crippen molar-refractivity contribution in [3.05, 3.63) is 76.5 Å². The van der Waals surface area contributed by atoms with E-state index in [4.69, 9.17) is 0 Å². The molecule has 0 bridgehead atoms. The monoisotopic (exact) mass is 549 g/mol. The van der Waals surface area contributed by atoms with Crippen LogP contribution in [0.2, 0.25) is 0 Å². The van der Waals surface area contributed by atoms with Crippen LogP contribution in [0.5, 0.6) is 0 Å². The topological polar surface area (TPSA) is 115 Å². The first kappa shape index (κ1) is 25.8. The van der Waals surface area contributed by atoms with Crippen LogP contribution in [0.1, 0.15) is 5.56 Å². The predicted molar refractivity (Wildman–Crippen MR) is 152 cm³/mol. The van der Waals surface area contributed by atoms with Crippen molar-refractivity contribution in [2.45, 2.75) is 18.0 Å². The van der Waals surface area contributed by atoms with Crippen molar-refractivity contribution in [1.29, 1.82) is 0 Å². The lowest BCUT2D eigenvalue weighted by Crippen LogP contribution is -2.22. The highest BCUT2D eigenvalue weighted by atomic mass is 32.2. The van der Waals surface area contributed by atoms with E-state index in [2.05, 4.69) is 63.4 Å². The molecule has 0 fully saturated rings. The lowest BCUT2D eigenvalue weighted by molar-refractivity contribution is 0.414. The number of nitrogens with one attached hydrogen (secondary N) is 1. The fourth-order valence-corrected chi connectivity index (χ4v) is 5.79. The van der Waals surface area contributed by atoms with Crippen LogP contribution >= 0.6 is 11.3 Å². The summed E-state index contributed by atoms with van der Waals surface area (Å²) in [4.78, 5) is 28.6. The molecule has 0 spiro atoms. The number of pyridine rings is 1. The van der Waals surface area contributed by atoms with E-state index in [9.17, 15) is 13.2 Å². The van der Waals surface area contributed by atoms with Crippen LogP contribution in [0.4, 0.5) is 11.6 Å². The molecule has 0 saturated heterocycles. The predicted octanol–water partition coefficient (Wildman–Crippen LogP) is 3.63. The van der Waals surface area contributed by atoms with Crippen molar-refractivity contribution in [1.82, 2.24) is 29.2 Å². The Morgan fingerprint density at radius 1 is 1.16 bits per heavy atom. The fraction of sp³-hybridized carbons (Fsp3) is 0.231. The third-order valence-electron chi connectivity index (χ3n) is 6.02. The van der Waals surface area contributed by atoms with Gasteiger partial charge in [0, 0.05) is 29.4 Å². The molecule has 1 N–H and O–H groups in total. The highest BCUT2D eigenvalue weighted by Crippen LogP contribution is 2.30. The molecule has 38 heavy (non-hydrogen) atoms. The molecular weight excluding hydrogens is 522 g/mol. The average molecular weight is 550 g/mol. The number of sulfone groups is 1. The summed E-state index contributed by atoms with van der Waals surface area (Å²) < 4.78 is 28.3. The van der Waals surface area contributed by atoms with Gasteiger partial charge in [0.05, 0.1) is 6.54 Å². The highest BCUT2D eigenvalue weighted by Gasteiger charge is 2.19. The number of rotatable bonds is 9. The van der Waals surface area contributed by atoms with Crippen molar-refractivity contribution < 1.29 is 8.42 Å². The van der Waals surface area contributed by atoms with Gasteiger partial charge in [-0.25, -0.2) is 27.7 Å². The maximum Gasteiger partial charge on any atom is 0.278 e. The molecule has 0 radical (unpaired) electrons. The summed E-state index contributed by atoms with van der Waals surface area (Å²) in [5, 5.41) is 6.84. The Bertz CT molecular complexity index is 1840. The second-order valence-corrected chi connectivity index (χ2v) is 12.0. The van der Waals surface area contributed by atoms with E-state index in [1.54, 1.807) is 29.5 Å². The number of aromatic nitrogens is 5. The molecule has 5 rings (SSSR count). The number of hydrogen-bond donors (Lipinski definition) is 1. The van der Waals surface area contributed by atoms with Crippen LogP contribution in [0.25, 0.3) is 26.9 Å². The van der Waals surface area contributed by atoms with Crippen molar-refractivity contribution >= 4 is 53.9 Å². The standard InChI is InChI=1S/C26H27N7O3S2/c1-5-12-32-25(34)20-15-27-26(30-24(20)33(32)22-7-6-8-23(29-22)38(4,35)36)28-18-9-10-19-17(11-13-31(2)3)16-37-21(19)14-18/h5-10,14-16H,1,11-13H2,2-4H3,(H,27,28,30). The van der Waals surface area contributed by atoms with Gasteiger partial charge in [-0.3, -0.25) is 4.79 Å². The molecule has 10 nitrogen and oxygen atoms in total. The number of nitrogens with zero attached hydrogens (tertiary/aromatic N) is 6. The van der Waals surface area contributed by atoms with Crippen molar-refractivity contribution in [3.63, 3.8) is 0 Å². The second kappa shape index (κ2) is 10.1. The SMILES string of the molecule is C=CCn1c(=O)c2cnc(Nc3ccc4c(CCN(C)C)csc4c3)nc2n1-c1cccc(S(C)(=O)=O)n1. The fourth-order valence-electron chi connectivity index (χ4n) is 4.16. The zero-order chi connectivity index (χ0) is 27.0. The maximum absolute atomic E-state index is 13.2. The lowest BCUT2D eigenvalue weighted by atomic mass is 10.1. The third kappa shape index (κ3) is 4.97. The number of likely N-dealkylation sites (N-methyl/N-ethyl adjacent to an activating group) is 1. The van der Waals surface area contributed by atoms with Crippen molar-refractivity contribution in [3.8, 4) is 5.82 Å². The van der Waals surface area contributed by atoms with E-state index < -0.39 is 9.84 Å². The molecule has 0 atom stereocenters. The Morgan fingerprint density at radius 3 is 2.71 bits per heavy atom. The number of allylic oxidation sites excluding steroid dienone is 1. The van der Waals surface area contributed by atoms with Crippen molar-refractivity contribution in [2.75, 3.05) is 32.2 Å². The van der Waals surface area contributed by atoms with Gasteiger partial charge in [0.2, 0.25) is 5.95 Å². The molecule has 0 aliphatic heterocycles. The smallest absolute Gasteiger partial charge is 0.278 e. The van der Waals surface area contributed by atoms with Gasteiger partial charge in [0.15, 0.2) is 26.3 Å². The number of thiophene rings is 1. The molecule has 4 heterocycles. The van der Waals surface area contributed by atoms with Crippen LogP contribution < -0.4 is 10.9 Å². The third-order valence-corrected chi connectivity index (χ3v) is 8.00. The Labute approximate surface area is 223 Å². The minimum atomic E-state index is -3.56. The van der Waals surface area contributed by atoms with Crippen LogP contribution in [-0.2, 0) is 22.8 Å². The number of anilines is 2. The lowest BCUT2D eigenvalue weighted by Gasteiger charge is -2.11. The largest absolute Gasteiger partial charge is 0.324 e. The van der Waals surface area contributed by atoms with E-state index in [0.717, 1.165) is 29.6 Å². The van der Waals surface area contributed by atoms with Gasteiger partial charge >= 0.3 is 0 Å². The van der Waals surface area contributed by atoms with E-state index >= 15 is 0 Å². The van der Waals surface area contributed by atoms with Crippen LogP contribution in [-0.4, -0.2) is 64.5 Å². The van der Waals surface area contributed by atoms with Gasteiger partial charge in [-0.1, -0.05) is 18.2 Å². The molecule has 1 aromatic carbocycles. The molecule has 0 aliphatic rings. The molecule has 0 unspecified atom stereocenters. The van der Waals surface area contributed by atoms with Gasteiger partial charge in [-0.05, 0) is 61.1 Å². The summed E-state index contributed by atoms with van der Waals surface area (Å²) >= 11 is 1.69. The zero-order valence-electron chi connectivity index (χ0n) is 21.2. The molecule has 5 aromatic rings. The molecule has 12 heteroatoms. The van der Waals surface area contributed by atoms with Gasteiger partial charge in [-0.15, -0.1) is 17.9 Å². The highest BCUT2D eigenvalue weighted by molar-refractivity contribution is 7.90. The normalized spacial score (nSPS) is 12.0. The average Bonchev–Trinajstić information content (AvgIpc) is 3.40. The van der Waals surface area contributed by atoms with E-state index in [1.165, 1.54) is 32.6 Å². The first-order valence-electron chi connectivity index (χ1n) is 11.8. The van der Waals surface area contributed by atoms with E-state index in [0.29, 0.717) is 11.6 Å². The summed E-state index contributed by atoms with van der Waals surface area (Å²) in [5.74, 6) is 0.543. The summed E-state index contributed by atoms with van der Waals surface area (Å²) in [6, 6.07) is 10.7. The zero-order valence-corrected chi connectivity index (χ0v) is 22.9. The molecule has 0 aliphatic carbocycles. The van der Waals surface area contributed by atoms with E-state index in [1.807, 2.05) is 6.07 Å². The quantitative estimate of drug-likeness (QED) is 0.277. The molecule has 4 aromatic heterocycles. The van der Waals surface area contributed by atoms with Gasteiger partial charge in [0.25, 0.3) is 5.56 Å². The molecule has 0 saturated carbocycles. The Hall–Kier alpha value is -3.87. The summed E-state index contributed by atoms with van der Waals surface area (Å²) in [5.41, 5.74) is 2.10. The molecule has 0 amide bonds. The number of fused-ring (bicyclic) bond motifs is 2. The van der Waals surface area contributed by atoms with Gasteiger partial charge in [-0.2, -0.15) is 4.98 Å². The number of hydrogen-bond acceptors (Lipinski definition) is 9. The van der Waals surface area contributed by atoms with Gasteiger partial charge < -0.3 is 10.2 Å². The summed E-state index contributed by atoms with van der Waals surface area (Å²) in [6.45, 7) is 4.90. The van der Waals surface area contributed by atoms with Crippen LogP contribution in [0.15, 0.2) is 70.5 Å². The Balaban J connectivity index is 1.56. The maximum atomic E-state index is 13.2. The molecular formula is C26H27N7O3S2. The summed E-state index contributed by atoms with van der Waals surface area (Å²) in [6.07, 6.45) is 5.11. The second-order valence-electron chi connectivity index (χ2n) is 9.17. The minimum Gasteiger partial charge on any atom is -0.324 e. The van der Waals surface area contributed by atoms with Gasteiger partial charge in [0.1, 0.15) is 5.39 Å². The first-order valence-corrected chi connectivity index (χ1v) is 14.6. The number of benzene rings is 1. The Kier molecular flexibility index (Phi) is 6.86. The van der Waals surface area contributed by atoms with Crippen LogP contribution in [0, 0.1) is 0 Å². The summed E-state index contributed by atoms with van der Waals surface area (Å²) in [7, 11) is 0.576. The first-order chi connectivity index (χ1) is 18.2. The van der Waals surface area contributed by atoms with Crippen molar-refractivity contribution in [2.24, 2.45) is 0 Å². The van der Waals surface area contributed by atoms with E-state index in [-0.39, 0.29) is 28.3 Å². The minimum absolute atomic E-state index is 0.101. The molecule has 196 valence electrons. The van der Waals surface area contributed by atoms with Crippen LogP contribution in [0.3, 0.4) is 0 Å². The Morgan fingerprint density at radius 2 is 1.97 bits per heavy atom.